The van der Waals surface area contributed by atoms with Gasteiger partial charge in [0.2, 0.25) is 11.8 Å². The Morgan fingerprint density at radius 2 is 1.86 bits per heavy atom. The van der Waals surface area contributed by atoms with E-state index in [1.54, 1.807) is 7.11 Å². The molecular weight excluding hydrogens is 723 g/mol. The van der Waals surface area contributed by atoms with E-state index in [2.05, 4.69) is 51.7 Å². The number of rotatable bonds is 11. The number of hydrogen-bond donors (Lipinski definition) is 3. The number of fused-ring (bicyclic) bond motifs is 6. The number of alkyl carbamates (subject to hydrolysis) is 1. The van der Waals surface area contributed by atoms with E-state index < -0.39 is 12.1 Å². The molecule has 1 unspecified atom stereocenters. The van der Waals surface area contributed by atoms with E-state index >= 15 is 0 Å². The fraction of sp³-hybridized carbons (Fsp3) is 0.477. The highest BCUT2D eigenvalue weighted by molar-refractivity contribution is 6.07. The van der Waals surface area contributed by atoms with E-state index in [1.165, 1.54) is 7.11 Å². The molecule has 3 N–H and O–H groups in total. The second-order valence-electron chi connectivity index (χ2n) is 16.0. The minimum atomic E-state index is -0.692. The Morgan fingerprint density at radius 1 is 1.02 bits per heavy atom. The van der Waals surface area contributed by atoms with Crippen LogP contribution in [-0.2, 0) is 25.7 Å². The number of aromatic amines is 2. The van der Waals surface area contributed by atoms with Crippen molar-refractivity contribution in [3.63, 3.8) is 0 Å². The molecule has 8 rings (SSSR count). The highest BCUT2D eigenvalue weighted by Crippen LogP contribution is 2.44. The fourth-order valence-electron chi connectivity index (χ4n) is 9.12. The second-order valence-corrected chi connectivity index (χ2v) is 16.0. The van der Waals surface area contributed by atoms with E-state index in [4.69, 9.17) is 24.2 Å². The lowest BCUT2D eigenvalue weighted by molar-refractivity contribution is -0.137. The number of hydrogen-bond acceptors (Lipinski definition) is 8. The maximum Gasteiger partial charge on any atom is 0.407 e. The first-order valence-corrected chi connectivity index (χ1v) is 20.3. The van der Waals surface area contributed by atoms with E-state index in [0.29, 0.717) is 26.2 Å². The summed E-state index contributed by atoms with van der Waals surface area (Å²) in [6, 6.07) is 13.8. The van der Waals surface area contributed by atoms with Crippen LogP contribution in [0.15, 0.2) is 48.7 Å². The summed E-state index contributed by atoms with van der Waals surface area (Å²) >= 11 is 0. The Kier molecular flexibility index (Phi) is 10.7. The van der Waals surface area contributed by atoms with Gasteiger partial charge >= 0.3 is 6.09 Å². The molecule has 300 valence electrons. The first-order chi connectivity index (χ1) is 27.6. The molecule has 13 heteroatoms. The zero-order chi connectivity index (χ0) is 40.0. The molecule has 0 saturated carbocycles. The summed E-state index contributed by atoms with van der Waals surface area (Å²) in [4.78, 5) is 60.1. The predicted octanol–water partition coefficient (Wildman–Crippen LogP) is 7.82. The molecule has 5 heterocycles. The number of nitrogens with zero attached hydrogens (tertiary/aromatic N) is 4. The summed E-state index contributed by atoms with van der Waals surface area (Å²) in [5.74, 6) is 2.59. The average molecular weight is 776 g/mol. The lowest BCUT2D eigenvalue weighted by atomic mass is 9.92. The first kappa shape index (κ1) is 38.4. The van der Waals surface area contributed by atoms with E-state index in [1.807, 2.05) is 49.8 Å². The largest absolute Gasteiger partial charge is 0.488 e. The van der Waals surface area contributed by atoms with Crippen LogP contribution in [0.3, 0.4) is 0 Å². The number of aromatic nitrogens is 4. The van der Waals surface area contributed by atoms with Gasteiger partial charge in [-0.3, -0.25) is 9.59 Å². The molecule has 0 radical (unpaired) electrons. The van der Waals surface area contributed by atoms with Crippen molar-refractivity contribution in [3.8, 4) is 28.1 Å². The van der Waals surface area contributed by atoms with Gasteiger partial charge in [0.1, 0.15) is 30.0 Å². The molecule has 3 aliphatic rings. The minimum absolute atomic E-state index is 0.00163. The quantitative estimate of drug-likeness (QED) is 0.123. The highest BCUT2D eigenvalue weighted by Gasteiger charge is 2.42. The van der Waals surface area contributed by atoms with Gasteiger partial charge in [0.25, 0.3) is 0 Å². The van der Waals surface area contributed by atoms with Crippen LogP contribution in [0.25, 0.3) is 44.2 Å². The number of H-pyrrole nitrogens is 2. The van der Waals surface area contributed by atoms with Gasteiger partial charge in [0.05, 0.1) is 48.7 Å². The van der Waals surface area contributed by atoms with Crippen molar-refractivity contribution in [1.82, 2.24) is 35.1 Å². The predicted molar refractivity (Wildman–Crippen MR) is 217 cm³/mol. The number of carbonyl (C=O) groups excluding carboxylic acids is 3. The summed E-state index contributed by atoms with van der Waals surface area (Å²) in [6.45, 7) is 9.76. The van der Waals surface area contributed by atoms with Crippen LogP contribution in [0.4, 0.5) is 4.79 Å². The van der Waals surface area contributed by atoms with Gasteiger partial charge in [-0.05, 0) is 84.9 Å². The molecule has 0 spiro atoms. The summed E-state index contributed by atoms with van der Waals surface area (Å²) < 4.78 is 16.8. The molecule has 0 bridgehead atoms. The number of methoxy groups -OCH3 is 2. The van der Waals surface area contributed by atoms with Crippen molar-refractivity contribution in [2.24, 2.45) is 11.8 Å². The Balaban J connectivity index is 1.05. The summed E-state index contributed by atoms with van der Waals surface area (Å²) in [6.07, 6.45) is 5.70. The maximum absolute atomic E-state index is 14.0. The van der Waals surface area contributed by atoms with Crippen LogP contribution in [0.5, 0.6) is 5.75 Å². The lowest BCUT2D eigenvalue weighted by Crippen LogP contribution is -2.53. The number of likely N-dealkylation sites (tertiary alicyclic amines) is 2. The third kappa shape index (κ3) is 7.11. The number of ether oxygens (including phenoxy) is 3. The normalized spacial score (nSPS) is 21.3. The highest BCUT2D eigenvalue weighted by atomic mass is 16.5. The molecular formula is C44H53N7O6. The Bertz CT molecular complexity index is 2320. The SMILES string of the molecule is CCCC(=O)N1C[C@@H](COC)C[C@H]1c1nc2ccc3cc4c(cc3c2[nH]1)OCc1cc(-c2cnc([C@@H]3CC[C@H](C)N3C(=O)C(NC(=O)OC)[C@@H](C)CC)[nH]2)ccc1-4. The van der Waals surface area contributed by atoms with Gasteiger partial charge in [-0.1, -0.05) is 45.4 Å². The summed E-state index contributed by atoms with van der Waals surface area (Å²) in [7, 11) is 3.02. The molecule has 13 nitrogen and oxygen atoms in total. The van der Waals surface area contributed by atoms with E-state index in [9.17, 15) is 14.4 Å². The zero-order valence-electron chi connectivity index (χ0n) is 33.7. The van der Waals surface area contributed by atoms with Crippen molar-refractivity contribution in [2.75, 3.05) is 27.4 Å². The Hall–Kier alpha value is -5.43. The Labute approximate surface area is 332 Å². The standard InChI is InChI=1S/C44H53N7O6/c1-7-9-38(52)50-21-26(22-55-5)16-36(50)42-46-33-14-12-27-18-32-30-13-11-28(17-29(30)23-57-37(32)19-31(27)40(33)48-42)34-20-45-41(47-34)35-15-10-25(4)51(35)43(53)39(24(3)8-2)49-44(54)56-6/h11-14,17-20,24-26,35-36,39H,7-10,15-16,21-23H2,1-6H3,(H,45,47)(H,46,48)(H,49,54)/t24-,25-,26-,35-,36-,39?/m0/s1. The molecule has 3 amide bonds. The van der Waals surface area contributed by atoms with Crippen molar-refractivity contribution >= 4 is 39.7 Å². The summed E-state index contributed by atoms with van der Waals surface area (Å²) in [5, 5.41) is 4.88. The van der Waals surface area contributed by atoms with Crippen molar-refractivity contribution in [1.29, 1.82) is 0 Å². The molecule has 0 aliphatic carbocycles. The molecule has 2 aromatic heterocycles. The van der Waals surface area contributed by atoms with E-state index in [-0.39, 0.29) is 41.8 Å². The molecule has 2 fully saturated rings. The average Bonchev–Trinajstić information content (AvgIpc) is 4.04. The Morgan fingerprint density at radius 3 is 2.63 bits per heavy atom. The van der Waals surface area contributed by atoms with Gasteiger partial charge in [-0.25, -0.2) is 14.8 Å². The first-order valence-electron chi connectivity index (χ1n) is 20.3. The third-order valence-electron chi connectivity index (χ3n) is 12.3. The second kappa shape index (κ2) is 15.8. The van der Waals surface area contributed by atoms with Crippen LogP contribution in [0.2, 0.25) is 0 Å². The van der Waals surface area contributed by atoms with Gasteiger partial charge in [0.15, 0.2) is 0 Å². The van der Waals surface area contributed by atoms with Crippen LogP contribution >= 0.6 is 0 Å². The van der Waals surface area contributed by atoms with E-state index in [0.717, 1.165) is 99.3 Å². The van der Waals surface area contributed by atoms with Gasteiger partial charge < -0.3 is 39.3 Å². The van der Waals surface area contributed by atoms with Crippen LogP contribution in [0.1, 0.15) is 95.5 Å². The van der Waals surface area contributed by atoms with Crippen molar-refractivity contribution < 1.29 is 28.6 Å². The molecule has 3 aliphatic heterocycles. The number of imidazole rings is 2. The maximum atomic E-state index is 14.0. The minimum Gasteiger partial charge on any atom is -0.488 e. The third-order valence-corrected chi connectivity index (χ3v) is 12.3. The monoisotopic (exact) mass is 775 g/mol. The lowest BCUT2D eigenvalue weighted by Gasteiger charge is -2.33. The number of amides is 3. The van der Waals surface area contributed by atoms with Crippen LogP contribution < -0.4 is 10.1 Å². The van der Waals surface area contributed by atoms with Gasteiger partial charge in [0, 0.05) is 43.0 Å². The topological polar surface area (TPSA) is 155 Å². The molecule has 57 heavy (non-hydrogen) atoms. The zero-order valence-corrected chi connectivity index (χ0v) is 33.7. The number of benzene rings is 3. The number of carbonyl (C=O) groups is 3. The molecule has 6 atom stereocenters. The van der Waals surface area contributed by atoms with Crippen LogP contribution in [0, 0.1) is 11.8 Å². The fourth-order valence-corrected chi connectivity index (χ4v) is 9.12. The number of nitrogens with one attached hydrogen (secondary N) is 3. The molecule has 5 aromatic rings. The van der Waals surface area contributed by atoms with Crippen molar-refractivity contribution in [2.45, 2.75) is 97.0 Å². The van der Waals surface area contributed by atoms with Gasteiger partial charge in [-0.15, -0.1) is 0 Å². The van der Waals surface area contributed by atoms with Crippen LogP contribution in [-0.4, -0.2) is 87.1 Å². The van der Waals surface area contributed by atoms with Gasteiger partial charge in [-0.2, -0.15) is 0 Å². The summed E-state index contributed by atoms with van der Waals surface area (Å²) in [5.41, 5.74) is 6.85. The van der Waals surface area contributed by atoms with Crippen molar-refractivity contribution in [3.05, 3.63) is 65.9 Å². The molecule has 3 aromatic carbocycles. The smallest absolute Gasteiger partial charge is 0.407 e. The molecule has 2 saturated heterocycles.